The number of aromatic hydroxyl groups is 1. The Balaban J connectivity index is 0.000000217. The summed E-state index contributed by atoms with van der Waals surface area (Å²) in [6, 6.07) is 8.71. The zero-order valence-electron chi connectivity index (χ0n) is 7.15. The van der Waals surface area contributed by atoms with Crippen LogP contribution in [0.25, 0.3) is 0 Å². The molecule has 0 aliphatic rings. The lowest BCUT2D eigenvalue weighted by Crippen LogP contribution is -1.88. The van der Waals surface area contributed by atoms with Gasteiger partial charge in [-0.1, -0.05) is 18.2 Å². The molecule has 0 bridgehead atoms. The third kappa shape index (κ3) is 6.61. The van der Waals surface area contributed by atoms with Crippen LogP contribution < -0.4 is 0 Å². The van der Waals surface area contributed by atoms with E-state index in [1.54, 1.807) is 24.3 Å². The van der Waals surface area contributed by atoms with Crippen molar-refractivity contribution in [1.29, 1.82) is 0 Å². The minimum atomic E-state index is -0.245. The lowest BCUT2D eigenvalue weighted by molar-refractivity contribution is -0.137. The van der Waals surface area contributed by atoms with E-state index in [0.717, 1.165) is 0 Å². The highest BCUT2D eigenvalue weighted by Gasteiger charge is 1.75. The first-order valence-corrected chi connectivity index (χ1v) is 3.45. The number of carbonyl (C=O) groups excluding carboxylic acids is 1. The minimum absolute atomic E-state index is 0.245. The van der Waals surface area contributed by atoms with Gasteiger partial charge in [0.05, 0.1) is 7.11 Å². The van der Waals surface area contributed by atoms with Crippen molar-refractivity contribution in [3.05, 3.63) is 30.3 Å². The van der Waals surface area contributed by atoms with Gasteiger partial charge in [0.2, 0.25) is 0 Å². The van der Waals surface area contributed by atoms with E-state index < -0.39 is 0 Å². The summed E-state index contributed by atoms with van der Waals surface area (Å²) in [5, 5.41) is 8.63. The lowest BCUT2D eigenvalue weighted by atomic mass is 10.3. The molecule has 1 aromatic carbocycles. The molecule has 0 aliphatic heterocycles. The Morgan fingerprint density at radius 3 is 1.92 bits per heavy atom. The third-order valence-electron chi connectivity index (χ3n) is 1.04. The van der Waals surface area contributed by atoms with Gasteiger partial charge in [-0.25, -0.2) is 0 Å². The predicted octanol–water partition coefficient (Wildman–Crippen LogP) is 1.57. The zero-order chi connectivity index (χ0) is 9.40. The zero-order valence-corrected chi connectivity index (χ0v) is 7.15. The van der Waals surface area contributed by atoms with E-state index in [1.165, 1.54) is 14.0 Å². The molecular weight excluding hydrogens is 156 g/mol. The fourth-order valence-corrected chi connectivity index (χ4v) is 0.428. The predicted molar refractivity (Wildman–Crippen MR) is 45.8 cm³/mol. The standard InChI is InChI=1S/C6H6O.C3H6O2/c7-6-4-2-1-3-5-6;1-3(4)5-2/h1-5,7H;1-2H3. The first-order valence-electron chi connectivity index (χ1n) is 3.45. The average molecular weight is 168 g/mol. The Hall–Kier alpha value is -1.51. The van der Waals surface area contributed by atoms with Crippen molar-refractivity contribution < 1.29 is 14.6 Å². The van der Waals surface area contributed by atoms with E-state index in [2.05, 4.69) is 4.74 Å². The monoisotopic (exact) mass is 168 g/mol. The molecular formula is C9H12O3. The second-order valence-corrected chi connectivity index (χ2v) is 2.03. The number of carbonyl (C=O) groups is 1. The minimum Gasteiger partial charge on any atom is -0.508 e. The number of esters is 1. The van der Waals surface area contributed by atoms with Crippen molar-refractivity contribution in [1.82, 2.24) is 0 Å². The van der Waals surface area contributed by atoms with Crippen molar-refractivity contribution in [3.8, 4) is 5.75 Å². The first-order chi connectivity index (χ1) is 5.66. The number of ether oxygens (including phenoxy) is 1. The van der Waals surface area contributed by atoms with Crippen LogP contribution in [0.4, 0.5) is 0 Å². The number of hydrogen-bond acceptors (Lipinski definition) is 3. The summed E-state index contributed by atoms with van der Waals surface area (Å²) in [5.74, 6) is 0.0764. The van der Waals surface area contributed by atoms with Crippen LogP contribution in [0.5, 0.6) is 5.75 Å². The molecule has 0 amide bonds. The number of phenolic OH excluding ortho intramolecular Hbond substituents is 1. The van der Waals surface area contributed by atoms with Gasteiger partial charge < -0.3 is 9.84 Å². The summed E-state index contributed by atoms with van der Waals surface area (Å²) in [4.78, 5) is 9.59. The molecule has 12 heavy (non-hydrogen) atoms. The molecule has 66 valence electrons. The van der Waals surface area contributed by atoms with Gasteiger partial charge in [0.15, 0.2) is 0 Å². The molecule has 0 saturated heterocycles. The van der Waals surface area contributed by atoms with Crippen LogP contribution in [-0.4, -0.2) is 18.2 Å². The van der Waals surface area contributed by atoms with Gasteiger partial charge >= 0.3 is 5.97 Å². The lowest BCUT2D eigenvalue weighted by Gasteiger charge is -1.82. The van der Waals surface area contributed by atoms with Crippen LogP contribution in [0.1, 0.15) is 6.92 Å². The van der Waals surface area contributed by atoms with Gasteiger partial charge in [-0.2, -0.15) is 0 Å². The Kier molecular flexibility index (Phi) is 5.43. The number of phenols is 1. The van der Waals surface area contributed by atoms with Crippen LogP contribution in [0.2, 0.25) is 0 Å². The summed E-state index contributed by atoms with van der Waals surface area (Å²) < 4.78 is 4.11. The molecule has 0 aliphatic carbocycles. The number of para-hydroxylation sites is 1. The van der Waals surface area contributed by atoms with E-state index >= 15 is 0 Å². The summed E-state index contributed by atoms with van der Waals surface area (Å²) >= 11 is 0. The average Bonchev–Trinajstić information content (AvgIpc) is 2.07. The molecule has 0 spiro atoms. The van der Waals surface area contributed by atoms with Crippen molar-refractivity contribution in [3.63, 3.8) is 0 Å². The van der Waals surface area contributed by atoms with Crippen molar-refractivity contribution in [2.24, 2.45) is 0 Å². The van der Waals surface area contributed by atoms with Gasteiger partial charge in [0, 0.05) is 6.92 Å². The maximum absolute atomic E-state index is 9.59. The Bertz CT molecular complexity index is 218. The molecule has 0 saturated carbocycles. The van der Waals surface area contributed by atoms with E-state index in [-0.39, 0.29) is 5.97 Å². The van der Waals surface area contributed by atoms with Crippen LogP contribution in [0.15, 0.2) is 30.3 Å². The smallest absolute Gasteiger partial charge is 0.302 e. The highest BCUT2D eigenvalue weighted by atomic mass is 16.5. The molecule has 0 heterocycles. The summed E-state index contributed by atoms with van der Waals surface area (Å²) in [6.45, 7) is 1.36. The van der Waals surface area contributed by atoms with E-state index in [0.29, 0.717) is 5.75 Å². The van der Waals surface area contributed by atoms with Crippen molar-refractivity contribution >= 4 is 5.97 Å². The highest BCUT2D eigenvalue weighted by Crippen LogP contribution is 2.02. The van der Waals surface area contributed by atoms with Crippen LogP contribution in [0.3, 0.4) is 0 Å². The largest absolute Gasteiger partial charge is 0.508 e. The van der Waals surface area contributed by atoms with Crippen LogP contribution in [0, 0.1) is 0 Å². The van der Waals surface area contributed by atoms with Gasteiger partial charge in [0.1, 0.15) is 5.75 Å². The normalized spacial score (nSPS) is 7.83. The Labute approximate surface area is 71.6 Å². The molecule has 1 N–H and O–H groups in total. The molecule has 0 unspecified atom stereocenters. The summed E-state index contributed by atoms with van der Waals surface area (Å²) in [6.07, 6.45) is 0. The first kappa shape index (κ1) is 10.5. The molecule has 3 nitrogen and oxygen atoms in total. The van der Waals surface area contributed by atoms with Crippen LogP contribution >= 0.6 is 0 Å². The van der Waals surface area contributed by atoms with Gasteiger partial charge in [-0.05, 0) is 12.1 Å². The van der Waals surface area contributed by atoms with Gasteiger partial charge in [-0.3, -0.25) is 4.79 Å². The van der Waals surface area contributed by atoms with Crippen LogP contribution in [-0.2, 0) is 9.53 Å². The van der Waals surface area contributed by atoms with E-state index in [9.17, 15) is 4.79 Å². The maximum atomic E-state index is 9.59. The highest BCUT2D eigenvalue weighted by molar-refractivity contribution is 5.65. The molecule has 0 aromatic heterocycles. The molecule has 1 rings (SSSR count). The molecule has 0 fully saturated rings. The fraction of sp³-hybridized carbons (Fsp3) is 0.222. The third-order valence-corrected chi connectivity index (χ3v) is 1.04. The Morgan fingerprint density at radius 1 is 1.33 bits per heavy atom. The van der Waals surface area contributed by atoms with E-state index in [1.807, 2.05) is 6.07 Å². The van der Waals surface area contributed by atoms with Crippen molar-refractivity contribution in [2.45, 2.75) is 6.92 Å². The molecule has 0 atom stereocenters. The molecule has 1 aromatic rings. The van der Waals surface area contributed by atoms with Gasteiger partial charge in [-0.15, -0.1) is 0 Å². The van der Waals surface area contributed by atoms with E-state index in [4.69, 9.17) is 5.11 Å². The summed E-state index contributed by atoms with van der Waals surface area (Å²) in [5.41, 5.74) is 0. The topological polar surface area (TPSA) is 46.5 Å². The fourth-order valence-electron chi connectivity index (χ4n) is 0.428. The number of hydrogen-bond donors (Lipinski definition) is 1. The quantitative estimate of drug-likeness (QED) is 0.598. The SMILES string of the molecule is COC(C)=O.Oc1ccccc1. The Morgan fingerprint density at radius 2 is 1.75 bits per heavy atom. The number of benzene rings is 1. The number of methoxy groups -OCH3 is 1. The summed E-state index contributed by atoms with van der Waals surface area (Å²) in [7, 11) is 1.35. The molecule has 3 heteroatoms. The second-order valence-electron chi connectivity index (χ2n) is 2.03. The van der Waals surface area contributed by atoms with Crippen molar-refractivity contribution in [2.75, 3.05) is 7.11 Å². The maximum Gasteiger partial charge on any atom is 0.302 e. The second kappa shape index (κ2) is 6.22. The molecule has 0 radical (unpaired) electrons. The van der Waals surface area contributed by atoms with Gasteiger partial charge in [0.25, 0.3) is 0 Å². The number of rotatable bonds is 0.